The first kappa shape index (κ1) is 14.2. The largest absolute Gasteiger partial charge is 0.391 e. The number of rotatable bonds is 3. The van der Waals surface area contributed by atoms with Gasteiger partial charge in [-0.25, -0.2) is 0 Å². The second kappa shape index (κ2) is 4.82. The highest BCUT2D eigenvalue weighted by atomic mass is 16.8. The van der Waals surface area contributed by atoms with Gasteiger partial charge in [0.15, 0.2) is 6.29 Å². The molecule has 4 N–H and O–H groups in total. The van der Waals surface area contributed by atoms with Crippen molar-refractivity contribution in [1.82, 2.24) is 0 Å². The first-order valence-electron chi connectivity index (χ1n) is 6.95. The normalized spacial score (nSPS) is 58.9. The van der Waals surface area contributed by atoms with Gasteiger partial charge in [0.25, 0.3) is 0 Å². The van der Waals surface area contributed by atoms with Crippen molar-refractivity contribution in [3.8, 4) is 0 Å². The average Bonchev–Trinajstić information content (AvgIpc) is 3.06. The summed E-state index contributed by atoms with van der Waals surface area (Å²) in [5.41, 5.74) is 0. The van der Waals surface area contributed by atoms with Crippen LogP contribution in [0.15, 0.2) is 0 Å². The summed E-state index contributed by atoms with van der Waals surface area (Å²) in [6, 6.07) is 0. The Kier molecular flexibility index (Phi) is 3.27. The molecule has 21 heavy (non-hydrogen) atoms. The van der Waals surface area contributed by atoms with Gasteiger partial charge in [-0.05, 0) is 0 Å². The number of fused-ring (bicyclic) bond motifs is 4. The van der Waals surface area contributed by atoms with E-state index in [9.17, 15) is 20.4 Å². The average molecular weight is 306 g/mol. The first-order chi connectivity index (χ1) is 10.1. The van der Waals surface area contributed by atoms with Crippen molar-refractivity contribution in [3.63, 3.8) is 0 Å². The van der Waals surface area contributed by atoms with Gasteiger partial charge in [0.2, 0.25) is 5.79 Å². The molecule has 0 spiro atoms. The Balaban J connectivity index is 1.53. The van der Waals surface area contributed by atoms with E-state index in [2.05, 4.69) is 0 Å². The topological polar surface area (TPSA) is 127 Å². The van der Waals surface area contributed by atoms with Gasteiger partial charge in [0.1, 0.15) is 49.3 Å². The summed E-state index contributed by atoms with van der Waals surface area (Å²) in [4.78, 5) is 0. The van der Waals surface area contributed by atoms with Crippen LogP contribution in [0.5, 0.6) is 0 Å². The Labute approximate surface area is 119 Å². The highest BCUT2D eigenvalue weighted by molar-refractivity contribution is 5.03. The van der Waals surface area contributed by atoms with Crippen LogP contribution in [-0.2, 0) is 23.7 Å². The Morgan fingerprint density at radius 2 is 1.76 bits per heavy atom. The van der Waals surface area contributed by atoms with Crippen LogP contribution < -0.4 is 0 Å². The van der Waals surface area contributed by atoms with Gasteiger partial charge in [0.05, 0.1) is 13.2 Å². The Morgan fingerprint density at radius 3 is 2.38 bits per heavy atom. The molecule has 0 amide bonds. The maximum absolute atomic E-state index is 10.2. The zero-order chi connectivity index (χ0) is 14.8. The summed E-state index contributed by atoms with van der Waals surface area (Å²) in [6.45, 7) is -0.185. The maximum atomic E-state index is 10.2. The summed E-state index contributed by atoms with van der Waals surface area (Å²) < 4.78 is 27.2. The second-order valence-electron chi connectivity index (χ2n) is 5.81. The van der Waals surface area contributed by atoms with E-state index in [1.807, 2.05) is 0 Å². The van der Waals surface area contributed by atoms with E-state index in [-0.39, 0.29) is 13.2 Å². The minimum absolute atomic E-state index is 0.154. The molecule has 4 aliphatic rings. The van der Waals surface area contributed by atoms with Crippen LogP contribution in [0.1, 0.15) is 0 Å². The van der Waals surface area contributed by atoms with E-state index < -0.39 is 61.4 Å². The SMILES string of the molecule is OC[C@@]1(O[C@H]2O[C@@H]3CO[C@H]([C@H]2O)[C@@H]3O)O[C@@H]2CO[C@H]1[C@@H]2O. The van der Waals surface area contributed by atoms with Gasteiger partial charge >= 0.3 is 0 Å². The van der Waals surface area contributed by atoms with E-state index in [0.29, 0.717) is 0 Å². The molecule has 0 aliphatic carbocycles. The molecule has 9 nitrogen and oxygen atoms in total. The quantitative estimate of drug-likeness (QED) is 0.424. The lowest BCUT2D eigenvalue weighted by molar-refractivity contribution is -0.384. The van der Waals surface area contributed by atoms with Crippen LogP contribution in [0.4, 0.5) is 0 Å². The number of ether oxygens (including phenoxy) is 5. The first-order valence-corrected chi connectivity index (χ1v) is 6.95. The number of aliphatic hydroxyl groups excluding tert-OH is 4. The van der Waals surface area contributed by atoms with Gasteiger partial charge in [-0.2, -0.15) is 0 Å². The second-order valence-corrected chi connectivity index (χ2v) is 5.81. The lowest BCUT2D eigenvalue weighted by Crippen LogP contribution is -2.60. The highest BCUT2D eigenvalue weighted by Gasteiger charge is 2.63. The van der Waals surface area contributed by atoms with Crippen molar-refractivity contribution in [2.24, 2.45) is 0 Å². The van der Waals surface area contributed by atoms with Crippen LogP contribution in [0, 0.1) is 0 Å². The van der Waals surface area contributed by atoms with Crippen molar-refractivity contribution in [1.29, 1.82) is 0 Å². The fourth-order valence-electron chi connectivity index (χ4n) is 3.40. The van der Waals surface area contributed by atoms with Gasteiger partial charge in [0, 0.05) is 0 Å². The van der Waals surface area contributed by atoms with Crippen molar-refractivity contribution in [2.75, 3.05) is 19.8 Å². The van der Waals surface area contributed by atoms with Crippen LogP contribution in [0.2, 0.25) is 0 Å². The van der Waals surface area contributed by atoms with Crippen molar-refractivity contribution < 1.29 is 44.1 Å². The molecule has 120 valence electrons. The maximum Gasteiger partial charge on any atom is 0.224 e. The summed E-state index contributed by atoms with van der Waals surface area (Å²) in [5, 5.41) is 39.5. The molecular weight excluding hydrogens is 288 g/mol. The van der Waals surface area contributed by atoms with Crippen molar-refractivity contribution in [2.45, 2.75) is 54.8 Å². The summed E-state index contributed by atoms with van der Waals surface area (Å²) in [6.07, 6.45) is -7.06. The molecule has 4 saturated heterocycles. The third kappa shape index (κ3) is 1.90. The summed E-state index contributed by atoms with van der Waals surface area (Å²) >= 11 is 0. The summed E-state index contributed by atoms with van der Waals surface area (Å²) in [5.74, 6) is -1.59. The fourth-order valence-corrected chi connectivity index (χ4v) is 3.40. The van der Waals surface area contributed by atoms with Gasteiger partial charge < -0.3 is 44.1 Å². The molecule has 0 radical (unpaired) electrons. The zero-order valence-electron chi connectivity index (χ0n) is 11.1. The van der Waals surface area contributed by atoms with E-state index in [0.717, 1.165) is 0 Å². The number of hydrogen-bond acceptors (Lipinski definition) is 9. The van der Waals surface area contributed by atoms with Gasteiger partial charge in [-0.15, -0.1) is 0 Å². The Morgan fingerprint density at radius 1 is 1.00 bits per heavy atom. The smallest absolute Gasteiger partial charge is 0.224 e. The van der Waals surface area contributed by atoms with Gasteiger partial charge in [-0.3, -0.25) is 0 Å². The van der Waals surface area contributed by atoms with Crippen molar-refractivity contribution in [3.05, 3.63) is 0 Å². The van der Waals surface area contributed by atoms with E-state index in [4.69, 9.17) is 23.7 Å². The summed E-state index contributed by atoms with van der Waals surface area (Å²) in [7, 11) is 0. The molecule has 0 saturated carbocycles. The third-order valence-electron chi connectivity index (χ3n) is 4.55. The van der Waals surface area contributed by atoms with Crippen LogP contribution in [0.3, 0.4) is 0 Å². The molecule has 4 fully saturated rings. The number of aliphatic hydroxyl groups is 4. The standard InChI is InChI=1S/C12H18O9/c13-3-12(10-7(15)5(20-12)2-18-10)21-11-8(16)9-6(14)4(19-11)1-17-9/h4-11,13-16H,1-3H2/t4-,5-,6-,7-,8-,9+,10+,11-,12+/m1/s1. The van der Waals surface area contributed by atoms with Crippen LogP contribution >= 0.6 is 0 Å². The zero-order valence-corrected chi connectivity index (χ0v) is 11.1. The van der Waals surface area contributed by atoms with Crippen molar-refractivity contribution >= 4 is 0 Å². The minimum Gasteiger partial charge on any atom is -0.391 e. The van der Waals surface area contributed by atoms with E-state index in [1.165, 1.54) is 0 Å². The van der Waals surface area contributed by atoms with E-state index >= 15 is 0 Å². The monoisotopic (exact) mass is 306 g/mol. The fraction of sp³-hybridized carbons (Fsp3) is 1.00. The lowest BCUT2D eigenvalue weighted by Gasteiger charge is -2.42. The number of hydrogen-bond donors (Lipinski definition) is 4. The molecule has 9 heteroatoms. The molecule has 0 aromatic rings. The van der Waals surface area contributed by atoms with E-state index in [1.54, 1.807) is 0 Å². The molecule has 4 bridgehead atoms. The lowest BCUT2D eigenvalue weighted by atomic mass is 10.0. The predicted molar refractivity (Wildman–Crippen MR) is 61.9 cm³/mol. The molecule has 0 unspecified atom stereocenters. The van der Waals surface area contributed by atoms with Crippen LogP contribution in [0.25, 0.3) is 0 Å². The highest BCUT2D eigenvalue weighted by Crippen LogP contribution is 2.42. The molecule has 4 rings (SSSR count). The Bertz CT molecular complexity index is 420. The molecule has 0 aromatic heterocycles. The molecule has 4 heterocycles. The minimum atomic E-state index is -1.59. The predicted octanol–water partition coefficient (Wildman–Crippen LogP) is -3.30. The van der Waals surface area contributed by atoms with Crippen LogP contribution in [-0.4, -0.2) is 95.1 Å². The molecule has 4 aliphatic heterocycles. The molecular formula is C12H18O9. The molecule has 0 aromatic carbocycles. The Hall–Kier alpha value is -0.360. The molecule has 9 atom stereocenters. The third-order valence-corrected chi connectivity index (χ3v) is 4.55. The van der Waals surface area contributed by atoms with Gasteiger partial charge in [-0.1, -0.05) is 0 Å².